The van der Waals surface area contributed by atoms with E-state index >= 15 is 0 Å². The number of thioether (sulfide) groups is 1. The van der Waals surface area contributed by atoms with Gasteiger partial charge in [0.1, 0.15) is 0 Å². The molecule has 0 aliphatic heterocycles. The van der Waals surface area contributed by atoms with Crippen LogP contribution in [0.15, 0.2) is 0 Å². The van der Waals surface area contributed by atoms with Gasteiger partial charge in [0.2, 0.25) is 0 Å². The van der Waals surface area contributed by atoms with Crippen LogP contribution in [0, 0.1) is 5.92 Å². The van der Waals surface area contributed by atoms with Gasteiger partial charge in [-0.25, -0.2) is 0 Å². The first-order valence-electron chi connectivity index (χ1n) is 3.91. The Morgan fingerprint density at radius 3 is 2.40 bits per heavy atom. The monoisotopic (exact) mass is 161 g/mol. The molecule has 0 radical (unpaired) electrons. The third kappa shape index (κ3) is 6.43. The van der Waals surface area contributed by atoms with Crippen molar-refractivity contribution in [3.8, 4) is 0 Å². The molecule has 1 nitrogen and oxygen atoms in total. The SMILES string of the molecule is CSCCC(N)CC(C)C. The number of hydrogen-bond acceptors (Lipinski definition) is 2. The molecule has 0 heterocycles. The van der Waals surface area contributed by atoms with Crippen LogP contribution in [0.1, 0.15) is 26.7 Å². The minimum absolute atomic E-state index is 0.424. The van der Waals surface area contributed by atoms with Crippen LogP contribution >= 0.6 is 11.8 Å². The topological polar surface area (TPSA) is 26.0 Å². The van der Waals surface area contributed by atoms with Gasteiger partial charge < -0.3 is 5.73 Å². The van der Waals surface area contributed by atoms with Crippen molar-refractivity contribution in [3.63, 3.8) is 0 Å². The van der Waals surface area contributed by atoms with Crippen LogP contribution in [-0.2, 0) is 0 Å². The Kier molecular flexibility index (Phi) is 6.24. The summed E-state index contributed by atoms with van der Waals surface area (Å²) >= 11 is 1.88. The van der Waals surface area contributed by atoms with Gasteiger partial charge in [0, 0.05) is 6.04 Å². The maximum Gasteiger partial charge on any atom is 0.00491 e. The van der Waals surface area contributed by atoms with Gasteiger partial charge in [-0.1, -0.05) is 13.8 Å². The maximum atomic E-state index is 5.85. The van der Waals surface area contributed by atoms with Gasteiger partial charge in [0.25, 0.3) is 0 Å². The molecule has 0 aromatic carbocycles. The summed E-state index contributed by atoms with van der Waals surface area (Å²) in [6, 6.07) is 0.424. The van der Waals surface area contributed by atoms with E-state index < -0.39 is 0 Å². The number of hydrogen-bond donors (Lipinski definition) is 1. The molecule has 0 aliphatic carbocycles. The first-order chi connectivity index (χ1) is 4.66. The van der Waals surface area contributed by atoms with Crippen LogP contribution < -0.4 is 5.73 Å². The molecule has 0 fully saturated rings. The Balaban J connectivity index is 3.16. The van der Waals surface area contributed by atoms with Crippen LogP contribution in [-0.4, -0.2) is 18.1 Å². The molecule has 0 saturated heterocycles. The standard InChI is InChI=1S/C8H19NS/c1-7(2)6-8(9)4-5-10-3/h7-8H,4-6,9H2,1-3H3. The van der Waals surface area contributed by atoms with E-state index in [0.717, 1.165) is 5.92 Å². The highest BCUT2D eigenvalue weighted by Gasteiger charge is 2.03. The Labute approximate surface area is 68.8 Å². The summed E-state index contributed by atoms with van der Waals surface area (Å²) < 4.78 is 0. The molecule has 62 valence electrons. The smallest absolute Gasteiger partial charge is 0.00491 e. The second kappa shape index (κ2) is 6.05. The zero-order chi connectivity index (χ0) is 7.98. The van der Waals surface area contributed by atoms with E-state index in [1.165, 1.54) is 18.6 Å². The summed E-state index contributed by atoms with van der Waals surface area (Å²) in [4.78, 5) is 0. The first kappa shape index (κ1) is 10.3. The first-order valence-corrected chi connectivity index (χ1v) is 5.30. The molecule has 0 aliphatic rings. The average Bonchev–Trinajstić information content (AvgIpc) is 1.82. The Hall–Kier alpha value is 0.310. The predicted molar refractivity (Wildman–Crippen MR) is 50.4 cm³/mol. The normalized spacial score (nSPS) is 14.1. The molecule has 0 spiro atoms. The largest absolute Gasteiger partial charge is 0.328 e. The molecule has 0 aromatic heterocycles. The minimum Gasteiger partial charge on any atom is -0.328 e. The second-order valence-corrected chi connectivity index (χ2v) is 4.16. The average molecular weight is 161 g/mol. The van der Waals surface area contributed by atoms with E-state index in [1.54, 1.807) is 0 Å². The quantitative estimate of drug-likeness (QED) is 0.668. The molecule has 2 heteroatoms. The zero-order valence-electron chi connectivity index (χ0n) is 7.26. The van der Waals surface area contributed by atoms with Crippen molar-refractivity contribution in [2.75, 3.05) is 12.0 Å². The predicted octanol–water partition coefficient (Wildman–Crippen LogP) is 2.11. The van der Waals surface area contributed by atoms with Crippen molar-refractivity contribution in [3.05, 3.63) is 0 Å². The number of nitrogens with two attached hydrogens (primary N) is 1. The van der Waals surface area contributed by atoms with Crippen LogP contribution in [0.2, 0.25) is 0 Å². The van der Waals surface area contributed by atoms with Crippen LogP contribution in [0.3, 0.4) is 0 Å². The van der Waals surface area contributed by atoms with E-state index in [1.807, 2.05) is 11.8 Å². The Bertz CT molecular complexity index is 73.7. The molecule has 0 amide bonds. The fraction of sp³-hybridized carbons (Fsp3) is 1.00. The van der Waals surface area contributed by atoms with Crippen molar-refractivity contribution in [1.29, 1.82) is 0 Å². The maximum absolute atomic E-state index is 5.85. The van der Waals surface area contributed by atoms with Crippen LogP contribution in [0.4, 0.5) is 0 Å². The molecule has 0 bridgehead atoms. The molecule has 1 unspecified atom stereocenters. The molecule has 0 rings (SSSR count). The van der Waals surface area contributed by atoms with Crippen molar-refractivity contribution < 1.29 is 0 Å². The van der Waals surface area contributed by atoms with Crippen molar-refractivity contribution >= 4 is 11.8 Å². The number of rotatable bonds is 5. The van der Waals surface area contributed by atoms with Gasteiger partial charge in [-0.05, 0) is 30.8 Å². The van der Waals surface area contributed by atoms with E-state index in [0.29, 0.717) is 6.04 Å². The van der Waals surface area contributed by atoms with Crippen molar-refractivity contribution in [2.45, 2.75) is 32.7 Å². The highest BCUT2D eigenvalue weighted by molar-refractivity contribution is 7.98. The fourth-order valence-electron chi connectivity index (χ4n) is 0.993. The van der Waals surface area contributed by atoms with Crippen molar-refractivity contribution in [1.82, 2.24) is 0 Å². The third-order valence-corrected chi connectivity index (χ3v) is 2.11. The van der Waals surface area contributed by atoms with E-state index in [2.05, 4.69) is 20.1 Å². The molecule has 1 atom stereocenters. The van der Waals surface area contributed by atoms with Gasteiger partial charge in [-0.3, -0.25) is 0 Å². The summed E-state index contributed by atoms with van der Waals surface area (Å²) in [5, 5.41) is 0. The van der Waals surface area contributed by atoms with Gasteiger partial charge in [0.05, 0.1) is 0 Å². The summed E-state index contributed by atoms with van der Waals surface area (Å²) in [5.74, 6) is 1.95. The fourth-order valence-corrected chi connectivity index (χ4v) is 1.53. The van der Waals surface area contributed by atoms with E-state index in [9.17, 15) is 0 Å². The Morgan fingerprint density at radius 1 is 1.40 bits per heavy atom. The summed E-state index contributed by atoms with van der Waals surface area (Å²) in [6.07, 6.45) is 4.46. The lowest BCUT2D eigenvalue weighted by Gasteiger charge is -2.12. The lowest BCUT2D eigenvalue weighted by atomic mass is 10.0. The molecular formula is C8H19NS. The van der Waals surface area contributed by atoms with Gasteiger partial charge in [0.15, 0.2) is 0 Å². The molecule has 0 saturated carbocycles. The molecule has 2 N–H and O–H groups in total. The molecule has 10 heavy (non-hydrogen) atoms. The highest BCUT2D eigenvalue weighted by Crippen LogP contribution is 2.07. The lowest BCUT2D eigenvalue weighted by Crippen LogP contribution is -2.22. The highest BCUT2D eigenvalue weighted by atomic mass is 32.2. The van der Waals surface area contributed by atoms with Gasteiger partial charge in [-0.2, -0.15) is 11.8 Å². The lowest BCUT2D eigenvalue weighted by molar-refractivity contribution is 0.488. The molecule has 0 aromatic rings. The minimum atomic E-state index is 0.424. The Morgan fingerprint density at radius 2 is 2.00 bits per heavy atom. The zero-order valence-corrected chi connectivity index (χ0v) is 8.08. The van der Waals surface area contributed by atoms with Crippen LogP contribution in [0.5, 0.6) is 0 Å². The van der Waals surface area contributed by atoms with Gasteiger partial charge >= 0.3 is 0 Å². The molecular weight excluding hydrogens is 142 g/mol. The summed E-state index contributed by atoms with van der Waals surface area (Å²) in [6.45, 7) is 4.44. The summed E-state index contributed by atoms with van der Waals surface area (Å²) in [5.41, 5.74) is 5.85. The van der Waals surface area contributed by atoms with Gasteiger partial charge in [-0.15, -0.1) is 0 Å². The van der Waals surface area contributed by atoms with E-state index in [-0.39, 0.29) is 0 Å². The van der Waals surface area contributed by atoms with E-state index in [4.69, 9.17) is 5.73 Å². The summed E-state index contributed by atoms with van der Waals surface area (Å²) in [7, 11) is 0. The second-order valence-electron chi connectivity index (χ2n) is 3.17. The third-order valence-electron chi connectivity index (χ3n) is 1.47. The van der Waals surface area contributed by atoms with Crippen LogP contribution in [0.25, 0.3) is 0 Å². The van der Waals surface area contributed by atoms with Crippen molar-refractivity contribution in [2.24, 2.45) is 11.7 Å².